The van der Waals surface area contributed by atoms with Gasteiger partial charge in [0.25, 0.3) is 0 Å². The second-order valence-electron chi connectivity index (χ2n) is 4.43. The van der Waals surface area contributed by atoms with Crippen LogP contribution in [0.3, 0.4) is 0 Å². The number of aromatic carboxylic acids is 1. The number of carboxylic acid groups (broad SMARTS) is 1. The Hall–Kier alpha value is -1.69. The number of nitrogens with zero attached hydrogens (tertiary/aromatic N) is 3. The fourth-order valence-electron chi connectivity index (χ4n) is 2.04. The molecule has 1 heterocycles. The van der Waals surface area contributed by atoms with Gasteiger partial charge in [-0.1, -0.05) is 16.9 Å². The van der Waals surface area contributed by atoms with Crippen LogP contribution in [0, 0.1) is 0 Å². The van der Waals surface area contributed by atoms with Crippen LogP contribution in [0.1, 0.15) is 36.2 Å². The van der Waals surface area contributed by atoms with E-state index in [0.29, 0.717) is 6.54 Å². The number of nitrogens with one attached hydrogen (secondary N) is 1. The Kier molecular flexibility index (Phi) is 4.46. The van der Waals surface area contributed by atoms with Gasteiger partial charge in [-0.15, -0.1) is 5.10 Å². The highest BCUT2D eigenvalue weighted by Crippen LogP contribution is 2.19. The summed E-state index contributed by atoms with van der Waals surface area (Å²) in [6.45, 7) is 2.38. The van der Waals surface area contributed by atoms with Crippen LogP contribution in [-0.4, -0.2) is 39.2 Å². The minimum absolute atomic E-state index is 0.00823. The predicted octanol–water partition coefficient (Wildman–Crippen LogP) is 1.07. The van der Waals surface area contributed by atoms with Crippen molar-refractivity contribution >= 4 is 5.97 Å². The molecule has 0 fully saturated rings. The van der Waals surface area contributed by atoms with Crippen molar-refractivity contribution < 1.29 is 9.90 Å². The lowest BCUT2D eigenvalue weighted by atomic mass is 10.2. The molecular formula is C12H18N4O2. The van der Waals surface area contributed by atoms with E-state index in [1.807, 2.05) is 0 Å². The Bertz CT molecular complexity index is 439. The Morgan fingerprint density at radius 3 is 3.06 bits per heavy atom. The standard InChI is InChI=1S/C12H18N4O2/c17-12(18)11-9-16(15-14-11)8-7-13-6-5-10-3-1-2-4-10/h3,9,13H,1-2,4-8H2,(H,17,18). The van der Waals surface area contributed by atoms with Crippen LogP contribution in [0.2, 0.25) is 0 Å². The van der Waals surface area contributed by atoms with Gasteiger partial charge in [-0.25, -0.2) is 4.79 Å². The van der Waals surface area contributed by atoms with Crippen molar-refractivity contribution in [3.05, 3.63) is 23.5 Å². The van der Waals surface area contributed by atoms with Gasteiger partial charge < -0.3 is 10.4 Å². The quantitative estimate of drug-likeness (QED) is 0.559. The zero-order valence-corrected chi connectivity index (χ0v) is 10.3. The predicted molar refractivity (Wildman–Crippen MR) is 66.4 cm³/mol. The van der Waals surface area contributed by atoms with Gasteiger partial charge in [0.05, 0.1) is 12.7 Å². The minimum atomic E-state index is -1.04. The molecule has 2 rings (SSSR count). The lowest BCUT2D eigenvalue weighted by Gasteiger charge is -2.05. The number of allylic oxidation sites excluding steroid dienone is 1. The van der Waals surface area contributed by atoms with Crippen molar-refractivity contribution in [2.45, 2.75) is 32.2 Å². The summed E-state index contributed by atoms with van der Waals surface area (Å²) in [5.41, 5.74) is 1.54. The average molecular weight is 250 g/mol. The summed E-state index contributed by atoms with van der Waals surface area (Å²) in [7, 11) is 0. The van der Waals surface area contributed by atoms with Gasteiger partial charge in [-0.2, -0.15) is 0 Å². The molecule has 98 valence electrons. The molecule has 0 amide bonds. The van der Waals surface area contributed by atoms with Crippen LogP contribution >= 0.6 is 0 Å². The molecule has 0 bridgehead atoms. The molecule has 2 N–H and O–H groups in total. The number of aromatic nitrogens is 3. The number of hydrogen-bond acceptors (Lipinski definition) is 4. The van der Waals surface area contributed by atoms with Crippen molar-refractivity contribution in [2.75, 3.05) is 13.1 Å². The third kappa shape index (κ3) is 3.66. The highest BCUT2D eigenvalue weighted by molar-refractivity contribution is 5.84. The smallest absolute Gasteiger partial charge is 0.358 e. The fourth-order valence-corrected chi connectivity index (χ4v) is 2.04. The molecule has 0 atom stereocenters. The largest absolute Gasteiger partial charge is 0.476 e. The minimum Gasteiger partial charge on any atom is -0.476 e. The summed E-state index contributed by atoms with van der Waals surface area (Å²) in [6, 6.07) is 0. The van der Waals surface area contributed by atoms with E-state index in [2.05, 4.69) is 21.7 Å². The second kappa shape index (κ2) is 6.30. The molecule has 6 nitrogen and oxygen atoms in total. The van der Waals surface area contributed by atoms with Gasteiger partial charge in [-0.3, -0.25) is 4.68 Å². The summed E-state index contributed by atoms with van der Waals surface area (Å²) in [4.78, 5) is 10.6. The number of carboxylic acids is 1. The van der Waals surface area contributed by atoms with Crippen LogP contribution in [-0.2, 0) is 6.54 Å². The molecule has 6 heteroatoms. The maximum atomic E-state index is 10.6. The number of hydrogen-bond donors (Lipinski definition) is 2. The molecule has 1 aromatic rings. The van der Waals surface area contributed by atoms with Crippen molar-refractivity contribution in [2.24, 2.45) is 0 Å². The first-order chi connectivity index (χ1) is 8.75. The van der Waals surface area contributed by atoms with E-state index < -0.39 is 5.97 Å². The van der Waals surface area contributed by atoms with Gasteiger partial charge in [-0.05, 0) is 32.2 Å². The van der Waals surface area contributed by atoms with E-state index >= 15 is 0 Å². The summed E-state index contributed by atoms with van der Waals surface area (Å²) in [5, 5.41) is 19.3. The van der Waals surface area contributed by atoms with E-state index in [4.69, 9.17) is 5.11 Å². The van der Waals surface area contributed by atoms with Crippen LogP contribution in [0.4, 0.5) is 0 Å². The topological polar surface area (TPSA) is 80.0 Å². The summed E-state index contributed by atoms with van der Waals surface area (Å²) in [6.07, 6.45) is 8.66. The average Bonchev–Trinajstić information content (AvgIpc) is 2.98. The normalized spacial score (nSPS) is 14.8. The van der Waals surface area contributed by atoms with Crippen molar-refractivity contribution in [3.8, 4) is 0 Å². The van der Waals surface area contributed by atoms with Gasteiger partial charge in [0.2, 0.25) is 0 Å². The first-order valence-electron chi connectivity index (χ1n) is 6.28. The van der Waals surface area contributed by atoms with E-state index in [0.717, 1.165) is 19.5 Å². The molecule has 1 aromatic heterocycles. The molecule has 0 saturated carbocycles. The monoisotopic (exact) mass is 250 g/mol. The highest BCUT2D eigenvalue weighted by Gasteiger charge is 2.07. The van der Waals surface area contributed by atoms with Crippen molar-refractivity contribution in [3.63, 3.8) is 0 Å². The Morgan fingerprint density at radius 2 is 2.39 bits per heavy atom. The first kappa shape index (κ1) is 12.8. The fraction of sp³-hybridized carbons (Fsp3) is 0.583. The SMILES string of the molecule is O=C(O)c1cn(CCNCCC2=CCCC2)nn1. The van der Waals surface area contributed by atoms with Gasteiger partial charge >= 0.3 is 5.97 Å². The van der Waals surface area contributed by atoms with Crippen LogP contribution in [0.25, 0.3) is 0 Å². The molecule has 1 aliphatic carbocycles. The van der Waals surface area contributed by atoms with E-state index in [1.165, 1.54) is 25.5 Å². The third-order valence-electron chi connectivity index (χ3n) is 3.03. The zero-order valence-electron chi connectivity index (χ0n) is 10.3. The van der Waals surface area contributed by atoms with E-state index in [1.54, 1.807) is 10.3 Å². The summed E-state index contributed by atoms with van der Waals surface area (Å²) >= 11 is 0. The molecule has 18 heavy (non-hydrogen) atoms. The second-order valence-corrected chi connectivity index (χ2v) is 4.43. The first-order valence-corrected chi connectivity index (χ1v) is 6.28. The third-order valence-corrected chi connectivity index (χ3v) is 3.03. The lowest BCUT2D eigenvalue weighted by Crippen LogP contribution is -2.21. The van der Waals surface area contributed by atoms with Gasteiger partial charge in [0.15, 0.2) is 5.69 Å². The van der Waals surface area contributed by atoms with Crippen molar-refractivity contribution in [1.82, 2.24) is 20.3 Å². The molecule has 0 unspecified atom stereocenters. The van der Waals surface area contributed by atoms with Gasteiger partial charge in [0, 0.05) is 6.54 Å². The lowest BCUT2D eigenvalue weighted by molar-refractivity contribution is 0.0690. The molecule has 1 aliphatic rings. The van der Waals surface area contributed by atoms with E-state index in [-0.39, 0.29) is 5.69 Å². The molecule has 0 aliphatic heterocycles. The van der Waals surface area contributed by atoms with Crippen molar-refractivity contribution in [1.29, 1.82) is 0 Å². The maximum Gasteiger partial charge on any atom is 0.358 e. The number of rotatable bonds is 7. The van der Waals surface area contributed by atoms with Gasteiger partial charge in [0.1, 0.15) is 0 Å². The van der Waals surface area contributed by atoms with Crippen LogP contribution < -0.4 is 5.32 Å². The molecule has 0 saturated heterocycles. The Balaban J connectivity index is 1.61. The van der Waals surface area contributed by atoms with E-state index in [9.17, 15) is 4.79 Å². The molecule has 0 spiro atoms. The maximum absolute atomic E-state index is 10.6. The Morgan fingerprint density at radius 1 is 1.50 bits per heavy atom. The molecule has 0 radical (unpaired) electrons. The van der Waals surface area contributed by atoms with Crippen LogP contribution in [0.5, 0.6) is 0 Å². The summed E-state index contributed by atoms with van der Waals surface area (Å²) < 4.78 is 1.55. The summed E-state index contributed by atoms with van der Waals surface area (Å²) in [5.74, 6) is -1.04. The highest BCUT2D eigenvalue weighted by atomic mass is 16.4. The van der Waals surface area contributed by atoms with Crippen LogP contribution in [0.15, 0.2) is 17.8 Å². The number of carbonyl (C=O) groups is 1. The zero-order chi connectivity index (χ0) is 12.8. The molecular weight excluding hydrogens is 232 g/mol. The Labute approximate surface area is 106 Å². The molecule has 0 aromatic carbocycles.